The van der Waals surface area contributed by atoms with Crippen LogP contribution in [0.15, 0.2) is 29.4 Å². The van der Waals surface area contributed by atoms with E-state index in [1.165, 1.54) is 24.3 Å². The largest absolute Gasteiger partial charge is 0.271 e. The molecule has 17 heavy (non-hydrogen) atoms. The summed E-state index contributed by atoms with van der Waals surface area (Å²) >= 11 is 0. The average molecular weight is 235 g/mol. The van der Waals surface area contributed by atoms with Crippen molar-refractivity contribution in [3.8, 4) is 0 Å². The smallest absolute Gasteiger partial charge is 0.267 e. The number of carbonyl (C=O) groups excluding carboxylic acids is 1. The number of nitrogens with one attached hydrogen (secondary N) is 1. The molecule has 1 rings (SSSR count). The lowest BCUT2D eigenvalue weighted by Gasteiger charge is -2.00. The molecule has 0 spiro atoms. The van der Waals surface area contributed by atoms with Gasteiger partial charge in [0.25, 0.3) is 11.6 Å². The first-order valence-electron chi connectivity index (χ1n) is 5.08. The van der Waals surface area contributed by atoms with Gasteiger partial charge in [-0.3, -0.25) is 14.9 Å². The van der Waals surface area contributed by atoms with Crippen LogP contribution in [0.25, 0.3) is 0 Å². The van der Waals surface area contributed by atoms with Crippen molar-refractivity contribution in [2.75, 3.05) is 0 Å². The van der Waals surface area contributed by atoms with E-state index in [-0.39, 0.29) is 11.6 Å². The van der Waals surface area contributed by atoms with Crippen molar-refractivity contribution in [2.45, 2.75) is 13.8 Å². The first kappa shape index (κ1) is 12.8. The average Bonchev–Trinajstić information content (AvgIpc) is 2.28. The Bertz CT molecular complexity index is 438. The van der Waals surface area contributed by atoms with Crippen molar-refractivity contribution in [1.29, 1.82) is 0 Å². The molecule has 0 atom stereocenters. The molecule has 0 fully saturated rings. The van der Waals surface area contributed by atoms with Crippen LogP contribution in [-0.2, 0) is 0 Å². The van der Waals surface area contributed by atoms with E-state index in [9.17, 15) is 14.9 Å². The van der Waals surface area contributed by atoms with Crippen LogP contribution in [-0.4, -0.2) is 17.0 Å². The zero-order valence-corrected chi connectivity index (χ0v) is 9.58. The number of amides is 1. The zero-order valence-electron chi connectivity index (χ0n) is 9.58. The van der Waals surface area contributed by atoms with E-state index in [4.69, 9.17) is 0 Å². The second kappa shape index (κ2) is 5.74. The summed E-state index contributed by atoms with van der Waals surface area (Å²) in [6.45, 7) is 3.86. The summed E-state index contributed by atoms with van der Waals surface area (Å²) in [5, 5.41) is 14.2. The summed E-state index contributed by atoms with van der Waals surface area (Å²) in [5.74, 6) is -0.149. The van der Waals surface area contributed by atoms with Crippen LogP contribution < -0.4 is 5.43 Å². The lowest BCUT2D eigenvalue weighted by atomic mass is 10.2. The number of hydrogen-bond acceptors (Lipinski definition) is 4. The van der Waals surface area contributed by atoms with Gasteiger partial charge in [-0.05, 0) is 18.1 Å². The van der Waals surface area contributed by atoms with Crippen LogP contribution >= 0.6 is 0 Å². The lowest BCUT2D eigenvalue weighted by molar-refractivity contribution is -0.384. The number of rotatable bonds is 4. The van der Waals surface area contributed by atoms with Crippen molar-refractivity contribution in [3.63, 3.8) is 0 Å². The van der Waals surface area contributed by atoms with Gasteiger partial charge in [-0.2, -0.15) is 5.10 Å². The molecule has 0 saturated carbocycles. The predicted octanol–water partition coefficient (Wildman–Crippen LogP) is 1.97. The minimum Gasteiger partial charge on any atom is -0.267 e. The highest BCUT2D eigenvalue weighted by Gasteiger charge is 2.08. The molecular formula is C11H13N3O3. The van der Waals surface area contributed by atoms with Crippen molar-refractivity contribution in [2.24, 2.45) is 11.0 Å². The summed E-state index contributed by atoms with van der Waals surface area (Å²) in [4.78, 5) is 21.4. The topological polar surface area (TPSA) is 84.6 Å². The molecule has 1 aromatic carbocycles. The normalized spacial score (nSPS) is 10.8. The molecule has 6 heteroatoms. The van der Waals surface area contributed by atoms with E-state index >= 15 is 0 Å². The fourth-order valence-electron chi connectivity index (χ4n) is 1.04. The number of nitro benzene ring substituents is 1. The number of hydrogen-bond donors (Lipinski definition) is 1. The fourth-order valence-corrected chi connectivity index (χ4v) is 1.04. The van der Waals surface area contributed by atoms with Gasteiger partial charge in [-0.25, -0.2) is 5.43 Å². The molecule has 0 saturated heterocycles. The maximum atomic E-state index is 11.5. The lowest BCUT2D eigenvalue weighted by Crippen LogP contribution is -2.17. The monoisotopic (exact) mass is 235 g/mol. The van der Waals surface area contributed by atoms with Crippen molar-refractivity contribution in [3.05, 3.63) is 39.9 Å². The Hall–Kier alpha value is -2.24. The van der Waals surface area contributed by atoms with Crippen LogP contribution in [0.5, 0.6) is 0 Å². The highest BCUT2D eigenvalue weighted by atomic mass is 16.6. The Morgan fingerprint density at radius 1 is 1.41 bits per heavy atom. The second-order valence-electron chi connectivity index (χ2n) is 3.77. The van der Waals surface area contributed by atoms with E-state index in [1.54, 1.807) is 6.21 Å². The number of carbonyl (C=O) groups is 1. The van der Waals surface area contributed by atoms with Gasteiger partial charge in [0.1, 0.15) is 0 Å². The van der Waals surface area contributed by atoms with Gasteiger partial charge in [0.15, 0.2) is 0 Å². The van der Waals surface area contributed by atoms with Crippen LogP contribution in [0, 0.1) is 16.0 Å². The molecule has 1 N–H and O–H groups in total. The zero-order chi connectivity index (χ0) is 12.8. The maximum Gasteiger partial charge on any atom is 0.271 e. The Morgan fingerprint density at radius 3 is 2.47 bits per heavy atom. The minimum absolute atomic E-state index is 0.0489. The minimum atomic E-state index is -0.515. The summed E-state index contributed by atoms with van der Waals surface area (Å²) < 4.78 is 0. The highest BCUT2D eigenvalue weighted by molar-refractivity contribution is 5.94. The Kier molecular flexibility index (Phi) is 4.33. The molecule has 0 heterocycles. The first-order valence-corrected chi connectivity index (χ1v) is 5.08. The first-order chi connectivity index (χ1) is 8.00. The third-order valence-corrected chi connectivity index (χ3v) is 1.88. The quantitative estimate of drug-likeness (QED) is 0.491. The number of hydrazone groups is 1. The molecule has 0 unspecified atom stereocenters. The van der Waals surface area contributed by atoms with Gasteiger partial charge in [-0.15, -0.1) is 0 Å². The Labute approximate surface area is 98.5 Å². The molecule has 90 valence electrons. The Balaban J connectivity index is 2.67. The van der Waals surface area contributed by atoms with Gasteiger partial charge in [0.05, 0.1) is 4.92 Å². The van der Waals surface area contributed by atoms with Gasteiger partial charge in [-0.1, -0.05) is 13.8 Å². The molecule has 0 aliphatic rings. The van der Waals surface area contributed by atoms with Gasteiger partial charge in [0.2, 0.25) is 0 Å². The molecule has 0 aliphatic heterocycles. The standard InChI is InChI=1S/C11H13N3O3/c1-8(2)7-12-13-11(15)9-3-5-10(6-4-9)14(16)17/h3-8H,1-2H3,(H,13,15)/b12-7+. The van der Waals surface area contributed by atoms with E-state index in [2.05, 4.69) is 10.5 Å². The molecule has 1 amide bonds. The molecule has 0 bridgehead atoms. The van der Waals surface area contributed by atoms with E-state index in [0.717, 1.165) is 0 Å². The van der Waals surface area contributed by atoms with E-state index < -0.39 is 10.8 Å². The van der Waals surface area contributed by atoms with Crippen LogP contribution in [0.3, 0.4) is 0 Å². The Morgan fingerprint density at radius 2 is 2.00 bits per heavy atom. The van der Waals surface area contributed by atoms with E-state index in [1.807, 2.05) is 13.8 Å². The number of nitrogens with zero attached hydrogens (tertiary/aromatic N) is 2. The van der Waals surface area contributed by atoms with Crippen LogP contribution in [0.4, 0.5) is 5.69 Å². The molecule has 0 aromatic heterocycles. The van der Waals surface area contributed by atoms with Gasteiger partial charge in [0, 0.05) is 23.9 Å². The molecular weight excluding hydrogens is 222 g/mol. The SMILES string of the molecule is CC(C)/C=N/NC(=O)c1ccc([N+](=O)[O-])cc1. The highest BCUT2D eigenvalue weighted by Crippen LogP contribution is 2.11. The van der Waals surface area contributed by atoms with Crippen molar-refractivity contribution in [1.82, 2.24) is 5.43 Å². The third-order valence-electron chi connectivity index (χ3n) is 1.88. The summed E-state index contributed by atoms with van der Waals surface area (Å²) in [7, 11) is 0. The molecule has 0 radical (unpaired) electrons. The molecule has 6 nitrogen and oxygen atoms in total. The maximum absolute atomic E-state index is 11.5. The predicted molar refractivity (Wildman–Crippen MR) is 63.9 cm³/mol. The van der Waals surface area contributed by atoms with Crippen LogP contribution in [0.2, 0.25) is 0 Å². The molecule has 0 aliphatic carbocycles. The van der Waals surface area contributed by atoms with Crippen molar-refractivity contribution >= 4 is 17.8 Å². The molecule has 1 aromatic rings. The summed E-state index contributed by atoms with van der Waals surface area (Å²) in [6.07, 6.45) is 1.60. The third kappa shape index (κ3) is 4.02. The summed E-state index contributed by atoms with van der Waals surface area (Å²) in [6, 6.07) is 5.33. The number of non-ortho nitro benzene ring substituents is 1. The van der Waals surface area contributed by atoms with E-state index in [0.29, 0.717) is 5.56 Å². The summed E-state index contributed by atoms with van der Waals surface area (Å²) in [5.41, 5.74) is 2.62. The van der Waals surface area contributed by atoms with Crippen LogP contribution in [0.1, 0.15) is 24.2 Å². The second-order valence-corrected chi connectivity index (χ2v) is 3.77. The number of nitro groups is 1. The van der Waals surface area contributed by atoms with Gasteiger partial charge < -0.3 is 0 Å². The van der Waals surface area contributed by atoms with Gasteiger partial charge >= 0.3 is 0 Å². The number of benzene rings is 1. The van der Waals surface area contributed by atoms with Crippen molar-refractivity contribution < 1.29 is 9.72 Å². The fraction of sp³-hybridized carbons (Fsp3) is 0.273.